The fourth-order valence-electron chi connectivity index (χ4n) is 1.99. The van der Waals surface area contributed by atoms with E-state index in [2.05, 4.69) is 32.7 Å². The Bertz CT molecular complexity index is 539. The van der Waals surface area contributed by atoms with Gasteiger partial charge in [-0.3, -0.25) is 0 Å². The molecule has 0 amide bonds. The Hall–Kier alpha value is -2.14. The quantitative estimate of drug-likeness (QED) is 0.869. The van der Waals surface area contributed by atoms with E-state index in [0.717, 1.165) is 30.4 Å². The summed E-state index contributed by atoms with van der Waals surface area (Å²) in [5.74, 6) is 1.76. The van der Waals surface area contributed by atoms with E-state index in [1.165, 1.54) is 0 Å². The smallest absolute Gasteiger partial charge is 0.138 e. The van der Waals surface area contributed by atoms with Crippen LogP contribution < -0.4 is 15.5 Å². The molecule has 19 heavy (non-hydrogen) atoms. The van der Waals surface area contributed by atoms with E-state index in [1.807, 2.05) is 36.2 Å². The molecule has 0 spiro atoms. The van der Waals surface area contributed by atoms with Crippen molar-refractivity contribution in [2.45, 2.75) is 6.04 Å². The van der Waals surface area contributed by atoms with Gasteiger partial charge in [-0.25, -0.2) is 9.97 Å². The maximum Gasteiger partial charge on any atom is 0.138 e. The minimum atomic E-state index is 0.477. The Morgan fingerprint density at radius 1 is 1.21 bits per heavy atom. The van der Waals surface area contributed by atoms with Crippen molar-refractivity contribution in [1.29, 1.82) is 0 Å². The molecule has 2 N–H and O–H groups in total. The molecule has 5 heteroatoms. The summed E-state index contributed by atoms with van der Waals surface area (Å²) in [5, 5.41) is 6.61. The topological polar surface area (TPSA) is 53.1 Å². The number of benzene rings is 1. The van der Waals surface area contributed by atoms with Crippen molar-refractivity contribution in [3.8, 4) is 0 Å². The lowest BCUT2D eigenvalue weighted by atomic mass is 10.2. The van der Waals surface area contributed by atoms with Gasteiger partial charge in [0.05, 0.1) is 6.04 Å². The number of hydrogen-bond donors (Lipinski definition) is 2. The summed E-state index contributed by atoms with van der Waals surface area (Å²) < 4.78 is 0. The van der Waals surface area contributed by atoms with Crippen LogP contribution in [0.5, 0.6) is 0 Å². The highest BCUT2D eigenvalue weighted by Crippen LogP contribution is 2.22. The second-order valence-corrected chi connectivity index (χ2v) is 4.66. The third-order valence-corrected chi connectivity index (χ3v) is 3.27. The highest BCUT2D eigenvalue weighted by Gasteiger charge is 2.17. The lowest BCUT2D eigenvalue weighted by Gasteiger charge is -2.28. The SMILES string of the molecule is CN(c1ccccc1)c1cc(NC2CNC2)ncn1. The third-order valence-electron chi connectivity index (χ3n) is 3.27. The molecule has 0 atom stereocenters. The van der Waals surface area contributed by atoms with Crippen LogP contribution in [0.15, 0.2) is 42.7 Å². The summed E-state index contributed by atoms with van der Waals surface area (Å²) in [5.41, 5.74) is 1.11. The fourth-order valence-corrected chi connectivity index (χ4v) is 1.99. The number of nitrogens with one attached hydrogen (secondary N) is 2. The van der Waals surface area contributed by atoms with Gasteiger partial charge in [0, 0.05) is 31.9 Å². The van der Waals surface area contributed by atoms with Crippen molar-refractivity contribution in [2.24, 2.45) is 0 Å². The minimum absolute atomic E-state index is 0.477. The molecule has 1 fully saturated rings. The predicted molar refractivity (Wildman–Crippen MR) is 76.8 cm³/mol. The van der Waals surface area contributed by atoms with Crippen LogP contribution in [-0.2, 0) is 0 Å². The summed E-state index contributed by atoms with van der Waals surface area (Å²) in [6.07, 6.45) is 1.60. The van der Waals surface area contributed by atoms with Crippen molar-refractivity contribution in [3.63, 3.8) is 0 Å². The van der Waals surface area contributed by atoms with Gasteiger partial charge in [-0.1, -0.05) is 18.2 Å². The van der Waals surface area contributed by atoms with Gasteiger partial charge < -0.3 is 15.5 Å². The lowest BCUT2D eigenvalue weighted by Crippen LogP contribution is -2.51. The van der Waals surface area contributed by atoms with Gasteiger partial charge in [-0.05, 0) is 12.1 Å². The number of aromatic nitrogens is 2. The Morgan fingerprint density at radius 3 is 2.68 bits per heavy atom. The first-order chi connectivity index (χ1) is 9.33. The first-order valence-electron chi connectivity index (χ1n) is 6.41. The molecule has 1 aliphatic rings. The summed E-state index contributed by atoms with van der Waals surface area (Å²) in [7, 11) is 2.01. The molecule has 1 aliphatic heterocycles. The molecule has 0 unspecified atom stereocenters. The Kier molecular flexibility index (Phi) is 3.29. The Labute approximate surface area is 112 Å². The van der Waals surface area contributed by atoms with Crippen molar-refractivity contribution in [3.05, 3.63) is 42.7 Å². The molecule has 0 radical (unpaired) electrons. The summed E-state index contributed by atoms with van der Waals surface area (Å²) in [4.78, 5) is 10.6. The van der Waals surface area contributed by atoms with Crippen LogP contribution in [0.25, 0.3) is 0 Å². The van der Waals surface area contributed by atoms with E-state index in [9.17, 15) is 0 Å². The van der Waals surface area contributed by atoms with Crippen LogP contribution in [0.2, 0.25) is 0 Å². The number of rotatable bonds is 4. The molecular formula is C14H17N5. The number of para-hydroxylation sites is 1. The standard InChI is InChI=1S/C14H17N5/c1-19(12-5-3-2-4-6-12)14-7-13(16-10-17-14)18-11-8-15-9-11/h2-7,10-11,15H,8-9H2,1H3,(H,16,17,18). The molecule has 5 nitrogen and oxygen atoms in total. The average molecular weight is 255 g/mol. The first-order valence-corrected chi connectivity index (χ1v) is 6.41. The van der Waals surface area contributed by atoms with Gasteiger partial charge >= 0.3 is 0 Å². The van der Waals surface area contributed by atoms with Gasteiger partial charge in [-0.2, -0.15) is 0 Å². The largest absolute Gasteiger partial charge is 0.365 e. The van der Waals surface area contributed by atoms with Crippen molar-refractivity contribution in [1.82, 2.24) is 15.3 Å². The molecule has 0 aliphatic carbocycles. The Morgan fingerprint density at radius 2 is 2.00 bits per heavy atom. The Balaban J connectivity index is 1.78. The number of anilines is 3. The molecule has 98 valence electrons. The average Bonchev–Trinajstić information content (AvgIpc) is 2.43. The van der Waals surface area contributed by atoms with Gasteiger partial charge in [0.2, 0.25) is 0 Å². The van der Waals surface area contributed by atoms with Crippen LogP contribution >= 0.6 is 0 Å². The molecule has 2 heterocycles. The van der Waals surface area contributed by atoms with Crippen LogP contribution in [0.1, 0.15) is 0 Å². The zero-order valence-electron chi connectivity index (χ0n) is 10.9. The lowest BCUT2D eigenvalue weighted by molar-refractivity contribution is 0.471. The maximum atomic E-state index is 4.33. The third kappa shape index (κ3) is 2.66. The van der Waals surface area contributed by atoms with Gasteiger partial charge in [0.15, 0.2) is 0 Å². The summed E-state index contributed by atoms with van der Waals surface area (Å²) in [6.45, 7) is 1.99. The molecular weight excluding hydrogens is 238 g/mol. The van der Waals surface area contributed by atoms with Gasteiger partial charge in [0.1, 0.15) is 18.0 Å². The van der Waals surface area contributed by atoms with Crippen LogP contribution in [0.4, 0.5) is 17.3 Å². The van der Waals surface area contributed by atoms with Crippen molar-refractivity contribution < 1.29 is 0 Å². The van der Waals surface area contributed by atoms with E-state index in [1.54, 1.807) is 6.33 Å². The van der Waals surface area contributed by atoms with Crippen LogP contribution in [0, 0.1) is 0 Å². The maximum absolute atomic E-state index is 4.33. The molecule has 3 rings (SSSR count). The monoisotopic (exact) mass is 255 g/mol. The van der Waals surface area contributed by atoms with Crippen molar-refractivity contribution in [2.75, 3.05) is 30.4 Å². The first kappa shape index (κ1) is 11.9. The second-order valence-electron chi connectivity index (χ2n) is 4.66. The minimum Gasteiger partial charge on any atom is -0.365 e. The van der Waals surface area contributed by atoms with E-state index in [-0.39, 0.29) is 0 Å². The molecule has 0 saturated carbocycles. The van der Waals surface area contributed by atoms with E-state index < -0.39 is 0 Å². The fraction of sp³-hybridized carbons (Fsp3) is 0.286. The van der Waals surface area contributed by atoms with Gasteiger partial charge in [-0.15, -0.1) is 0 Å². The number of hydrogen-bond acceptors (Lipinski definition) is 5. The predicted octanol–water partition coefficient (Wildman–Crippen LogP) is 1.63. The summed E-state index contributed by atoms with van der Waals surface area (Å²) in [6, 6.07) is 12.6. The molecule has 0 bridgehead atoms. The highest BCUT2D eigenvalue weighted by atomic mass is 15.2. The zero-order chi connectivity index (χ0) is 13.1. The van der Waals surface area contributed by atoms with E-state index in [0.29, 0.717) is 6.04 Å². The summed E-state index contributed by atoms with van der Waals surface area (Å²) >= 11 is 0. The second kappa shape index (κ2) is 5.24. The molecule has 1 saturated heterocycles. The molecule has 2 aromatic rings. The van der Waals surface area contributed by atoms with Crippen molar-refractivity contribution >= 4 is 17.3 Å². The molecule has 1 aromatic carbocycles. The highest BCUT2D eigenvalue weighted by molar-refractivity contribution is 5.61. The normalized spacial score (nSPS) is 14.8. The number of nitrogens with zero attached hydrogens (tertiary/aromatic N) is 3. The van der Waals surface area contributed by atoms with Gasteiger partial charge in [0.25, 0.3) is 0 Å². The van der Waals surface area contributed by atoms with E-state index >= 15 is 0 Å². The van der Waals surface area contributed by atoms with E-state index in [4.69, 9.17) is 0 Å². The van der Waals surface area contributed by atoms with Crippen LogP contribution in [0.3, 0.4) is 0 Å². The molecule has 1 aromatic heterocycles. The van der Waals surface area contributed by atoms with Crippen LogP contribution in [-0.4, -0.2) is 36.1 Å². The zero-order valence-corrected chi connectivity index (χ0v) is 10.9.